The van der Waals surface area contributed by atoms with Gasteiger partial charge in [-0.2, -0.15) is 0 Å². The van der Waals surface area contributed by atoms with E-state index in [0.717, 1.165) is 38.4 Å². The van der Waals surface area contributed by atoms with Gasteiger partial charge in [-0.3, -0.25) is 14.7 Å². The number of alkyl halides is 1. The van der Waals surface area contributed by atoms with Gasteiger partial charge >= 0.3 is 0 Å². The lowest BCUT2D eigenvalue weighted by molar-refractivity contribution is -0.130. The molecule has 0 bridgehead atoms. The fourth-order valence-electron chi connectivity index (χ4n) is 1.96. The minimum Gasteiger partial charge on any atom is -0.339 e. The molecule has 1 aliphatic heterocycles. The number of carbonyl (C=O) groups is 1. The van der Waals surface area contributed by atoms with Gasteiger partial charge in [0.2, 0.25) is 5.91 Å². The summed E-state index contributed by atoms with van der Waals surface area (Å²) >= 11 is 3.20. The van der Waals surface area contributed by atoms with Crippen LogP contribution in [0.2, 0.25) is 0 Å². The molecule has 0 atom stereocenters. The highest BCUT2D eigenvalue weighted by Gasteiger charge is 2.20. The highest BCUT2D eigenvalue weighted by atomic mass is 79.9. The number of aromatic nitrogens is 1. The number of hydrogen-bond acceptors (Lipinski definition) is 3. The highest BCUT2D eigenvalue weighted by molar-refractivity contribution is 9.09. The van der Waals surface area contributed by atoms with Gasteiger partial charge in [-0.1, -0.05) is 22.0 Å². The van der Waals surface area contributed by atoms with Gasteiger partial charge < -0.3 is 4.90 Å². The molecular weight excluding hydrogens is 282 g/mol. The van der Waals surface area contributed by atoms with Crippen LogP contribution >= 0.6 is 15.9 Å². The van der Waals surface area contributed by atoms with E-state index in [2.05, 4.69) is 25.8 Å². The zero-order chi connectivity index (χ0) is 12.1. The van der Waals surface area contributed by atoms with Crippen molar-refractivity contribution in [1.29, 1.82) is 0 Å². The Balaban J connectivity index is 1.82. The Morgan fingerprint density at radius 2 is 2.06 bits per heavy atom. The summed E-state index contributed by atoms with van der Waals surface area (Å²) in [6, 6.07) is 5.97. The summed E-state index contributed by atoms with van der Waals surface area (Å²) in [4.78, 5) is 20.0. The molecule has 1 aromatic rings. The van der Waals surface area contributed by atoms with E-state index in [1.165, 1.54) is 0 Å². The highest BCUT2D eigenvalue weighted by Crippen LogP contribution is 2.07. The smallest absolute Gasteiger partial charge is 0.233 e. The fraction of sp³-hybridized carbons (Fsp3) is 0.500. The zero-order valence-electron chi connectivity index (χ0n) is 9.68. The van der Waals surface area contributed by atoms with E-state index in [9.17, 15) is 4.79 Å². The van der Waals surface area contributed by atoms with Gasteiger partial charge in [0.25, 0.3) is 0 Å². The lowest BCUT2D eigenvalue weighted by atomic mass is 10.2. The second-order valence-electron chi connectivity index (χ2n) is 4.11. The summed E-state index contributed by atoms with van der Waals surface area (Å²) in [5.41, 5.74) is 1.09. The fourth-order valence-corrected chi connectivity index (χ4v) is 2.32. The van der Waals surface area contributed by atoms with Gasteiger partial charge in [0.1, 0.15) is 0 Å². The first kappa shape index (κ1) is 12.5. The number of pyridine rings is 1. The zero-order valence-corrected chi connectivity index (χ0v) is 11.3. The van der Waals surface area contributed by atoms with Crippen LogP contribution in [0, 0.1) is 0 Å². The molecule has 0 saturated carbocycles. The SMILES string of the molecule is O=C(CBr)N1CCN(Cc2ccccn2)CC1. The van der Waals surface area contributed by atoms with E-state index in [0.29, 0.717) is 5.33 Å². The predicted octanol–water partition coefficient (Wildman–Crippen LogP) is 1.12. The molecule has 1 aliphatic rings. The quantitative estimate of drug-likeness (QED) is 0.785. The molecule has 1 amide bonds. The van der Waals surface area contributed by atoms with Crippen molar-refractivity contribution in [3.05, 3.63) is 30.1 Å². The van der Waals surface area contributed by atoms with Crippen molar-refractivity contribution in [1.82, 2.24) is 14.8 Å². The molecule has 1 fully saturated rings. The molecule has 2 heterocycles. The Labute approximate surface area is 110 Å². The number of carbonyl (C=O) groups excluding carboxylic acids is 1. The summed E-state index contributed by atoms with van der Waals surface area (Å²) in [6.45, 7) is 4.36. The average Bonchev–Trinajstić information content (AvgIpc) is 2.40. The van der Waals surface area contributed by atoms with Crippen molar-refractivity contribution in [2.45, 2.75) is 6.54 Å². The van der Waals surface area contributed by atoms with Gasteiger partial charge in [-0.05, 0) is 12.1 Å². The van der Waals surface area contributed by atoms with Crippen molar-refractivity contribution in [2.75, 3.05) is 31.5 Å². The molecule has 1 saturated heterocycles. The number of piperazine rings is 1. The largest absolute Gasteiger partial charge is 0.339 e. The first-order chi connectivity index (χ1) is 8.29. The van der Waals surface area contributed by atoms with Gasteiger partial charge in [0.15, 0.2) is 0 Å². The van der Waals surface area contributed by atoms with Gasteiger partial charge in [0, 0.05) is 38.9 Å². The van der Waals surface area contributed by atoms with E-state index in [4.69, 9.17) is 0 Å². The van der Waals surface area contributed by atoms with Crippen LogP contribution in [0.1, 0.15) is 5.69 Å². The number of rotatable bonds is 3. The van der Waals surface area contributed by atoms with Crippen LogP contribution in [0.15, 0.2) is 24.4 Å². The lowest BCUT2D eigenvalue weighted by Crippen LogP contribution is -2.48. The molecule has 0 radical (unpaired) electrons. The van der Waals surface area contributed by atoms with Crippen molar-refractivity contribution in [3.8, 4) is 0 Å². The van der Waals surface area contributed by atoms with Crippen LogP contribution < -0.4 is 0 Å². The molecule has 0 aliphatic carbocycles. The first-order valence-corrected chi connectivity index (χ1v) is 6.88. The summed E-state index contributed by atoms with van der Waals surface area (Å²) < 4.78 is 0. The summed E-state index contributed by atoms with van der Waals surface area (Å²) in [5.74, 6) is 0.183. The van der Waals surface area contributed by atoms with Crippen molar-refractivity contribution in [3.63, 3.8) is 0 Å². The number of nitrogens with zero attached hydrogens (tertiary/aromatic N) is 3. The van der Waals surface area contributed by atoms with E-state index >= 15 is 0 Å². The maximum absolute atomic E-state index is 11.5. The third-order valence-electron chi connectivity index (χ3n) is 2.95. The second-order valence-corrected chi connectivity index (χ2v) is 4.67. The molecule has 5 heteroatoms. The van der Waals surface area contributed by atoms with Crippen molar-refractivity contribution >= 4 is 21.8 Å². The summed E-state index contributed by atoms with van der Waals surface area (Å²) in [7, 11) is 0. The predicted molar refractivity (Wildman–Crippen MR) is 69.9 cm³/mol. The molecule has 2 rings (SSSR count). The molecule has 0 spiro atoms. The number of hydrogen-bond donors (Lipinski definition) is 0. The maximum Gasteiger partial charge on any atom is 0.233 e. The standard InChI is InChI=1S/C12H16BrN3O/c13-9-12(17)16-7-5-15(6-8-16)10-11-3-1-2-4-14-11/h1-4H,5-10H2. The summed E-state index contributed by atoms with van der Waals surface area (Å²) in [6.07, 6.45) is 1.82. The molecule has 4 nitrogen and oxygen atoms in total. The summed E-state index contributed by atoms with van der Waals surface area (Å²) in [5, 5.41) is 0.424. The second kappa shape index (κ2) is 6.12. The van der Waals surface area contributed by atoms with Gasteiger partial charge in [0.05, 0.1) is 11.0 Å². The molecule has 17 heavy (non-hydrogen) atoms. The van der Waals surface area contributed by atoms with Crippen molar-refractivity contribution < 1.29 is 4.79 Å². The van der Waals surface area contributed by atoms with E-state index in [1.54, 1.807) is 0 Å². The third-order valence-corrected chi connectivity index (χ3v) is 3.43. The Kier molecular flexibility index (Phi) is 4.50. The first-order valence-electron chi connectivity index (χ1n) is 5.75. The molecule has 0 aromatic carbocycles. The topological polar surface area (TPSA) is 36.4 Å². The van der Waals surface area contributed by atoms with Crippen LogP contribution in [0.25, 0.3) is 0 Å². The van der Waals surface area contributed by atoms with Crippen LogP contribution in [-0.4, -0.2) is 52.2 Å². The Bertz CT molecular complexity index is 363. The van der Waals surface area contributed by atoms with Crippen LogP contribution in [-0.2, 0) is 11.3 Å². The van der Waals surface area contributed by atoms with E-state index in [1.807, 2.05) is 29.3 Å². The minimum absolute atomic E-state index is 0.183. The normalized spacial score (nSPS) is 17.1. The minimum atomic E-state index is 0.183. The lowest BCUT2D eigenvalue weighted by Gasteiger charge is -2.34. The van der Waals surface area contributed by atoms with Gasteiger partial charge in [-0.15, -0.1) is 0 Å². The van der Waals surface area contributed by atoms with Gasteiger partial charge in [-0.25, -0.2) is 0 Å². The van der Waals surface area contributed by atoms with Crippen LogP contribution in [0.3, 0.4) is 0 Å². The molecule has 0 unspecified atom stereocenters. The number of halogens is 1. The molecule has 92 valence electrons. The third kappa shape index (κ3) is 3.51. The monoisotopic (exact) mass is 297 g/mol. The Morgan fingerprint density at radius 1 is 1.29 bits per heavy atom. The van der Waals surface area contributed by atoms with Crippen LogP contribution in [0.5, 0.6) is 0 Å². The molecular formula is C12H16BrN3O. The molecule has 0 N–H and O–H groups in total. The van der Waals surface area contributed by atoms with E-state index < -0.39 is 0 Å². The number of amides is 1. The van der Waals surface area contributed by atoms with E-state index in [-0.39, 0.29) is 5.91 Å². The maximum atomic E-state index is 11.5. The average molecular weight is 298 g/mol. The van der Waals surface area contributed by atoms with Crippen LogP contribution in [0.4, 0.5) is 0 Å². The Hall–Kier alpha value is -0.940. The van der Waals surface area contributed by atoms with Crippen molar-refractivity contribution in [2.24, 2.45) is 0 Å². The molecule has 1 aromatic heterocycles. The Morgan fingerprint density at radius 3 is 2.65 bits per heavy atom.